The molecule has 2 N–H and O–H groups in total. The van der Waals surface area contributed by atoms with Crippen molar-refractivity contribution in [3.63, 3.8) is 0 Å². The SMILES string of the molecule is COc1cccc2c1nc(N)n1nc([C@@H]3CCCN(c4cnn(C[C@H]5CCC(=O)C5)c4)C3)nc21. The van der Waals surface area contributed by atoms with Gasteiger partial charge in [0.1, 0.15) is 17.0 Å². The van der Waals surface area contributed by atoms with E-state index in [1.165, 1.54) is 0 Å². The summed E-state index contributed by atoms with van der Waals surface area (Å²) in [7, 11) is 1.62. The van der Waals surface area contributed by atoms with Gasteiger partial charge in [-0.25, -0.2) is 9.97 Å². The Hall–Kier alpha value is -3.69. The first-order chi connectivity index (χ1) is 16.6. The van der Waals surface area contributed by atoms with E-state index >= 15 is 0 Å². The van der Waals surface area contributed by atoms with Gasteiger partial charge in [0.2, 0.25) is 5.95 Å². The molecule has 2 fully saturated rings. The predicted molar refractivity (Wildman–Crippen MR) is 128 cm³/mol. The standard InChI is InChI=1S/C24H28N8O2/c1-34-20-6-2-5-19-21(20)27-24(25)32-23(19)28-22(29-32)16-4-3-9-30(13-16)17-11-26-31(14-17)12-15-7-8-18(33)10-15/h2,5-6,11,14-16H,3-4,7-10,12-13H2,1H3,(H2,25,27)/t15-,16+/m0/s1. The molecule has 3 aromatic heterocycles. The number of ether oxygens (including phenoxy) is 1. The van der Waals surface area contributed by atoms with Crippen molar-refractivity contribution >= 4 is 34.0 Å². The lowest BCUT2D eigenvalue weighted by molar-refractivity contribution is -0.117. The number of rotatable bonds is 5. The molecule has 1 aliphatic carbocycles. The van der Waals surface area contributed by atoms with Crippen LogP contribution in [0.15, 0.2) is 30.6 Å². The van der Waals surface area contributed by atoms with E-state index in [1.54, 1.807) is 11.6 Å². The van der Waals surface area contributed by atoms with E-state index < -0.39 is 0 Å². The molecule has 4 heterocycles. The number of hydrogen-bond donors (Lipinski definition) is 1. The molecule has 1 saturated carbocycles. The molecule has 10 heteroatoms. The number of nitrogen functional groups attached to an aromatic ring is 1. The third-order valence-corrected chi connectivity index (χ3v) is 7.09. The summed E-state index contributed by atoms with van der Waals surface area (Å²) in [5.74, 6) is 2.71. The highest BCUT2D eigenvalue weighted by atomic mass is 16.5. The quantitative estimate of drug-likeness (QED) is 0.483. The van der Waals surface area contributed by atoms with Crippen LogP contribution >= 0.6 is 0 Å². The lowest BCUT2D eigenvalue weighted by atomic mass is 9.97. The number of nitrogens with zero attached hydrogens (tertiary/aromatic N) is 7. The topological polar surface area (TPSA) is 116 Å². The zero-order valence-electron chi connectivity index (χ0n) is 19.2. The van der Waals surface area contributed by atoms with Crippen LogP contribution in [0.5, 0.6) is 5.75 Å². The first-order valence-electron chi connectivity index (χ1n) is 11.9. The maximum atomic E-state index is 11.6. The Morgan fingerprint density at radius 3 is 2.97 bits per heavy atom. The molecule has 1 aromatic carbocycles. The number of para-hydroxylation sites is 1. The summed E-state index contributed by atoms with van der Waals surface area (Å²) in [6, 6.07) is 5.76. The molecule has 0 spiro atoms. The Morgan fingerprint density at radius 1 is 1.24 bits per heavy atom. The van der Waals surface area contributed by atoms with Crippen LogP contribution in [0.3, 0.4) is 0 Å². The number of aromatic nitrogens is 6. The third-order valence-electron chi connectivity index (χ3n) is 7.09. The number of fused-ring (bicyclic) bond motifs is 3. The summed E-state index contributed by atoms with van der Waals surface area (Å²) in [6.45, 7) is 2.60. The van der Waals surface area contributed by atoms with Gasteiger partial charge in [-0.1, -0.05) is 6.07 Å². The number of benzene rings is 1. The average Bonchev–Trinajstić information content (AvgIpc) is 3.59. The fraction of sp³-hybridized carbons (Fsp3) is 0.458. The number of methoxy groups -OCH3 is 1. The zero-order valence-corrected chi connectivity index (χ0v) is 19.2. The lowest BCUT2D eigenvalue weighted by Gasteiger charge is -2.32. The van der Waals surface area contributed by atoms with Crippen LogP contribution in [0.25, 0.3) is 16.6 Å². The van der Waals surface area contributed by atoms with E-state index in [0.29, 0.717) is 47.4 Å². The summed E-state index contributed by atoms with van der Waals surface area (Å²) >= 11 is 0. The van der Waals surface area contributed by atoms with Crippen molar-refractivity contribution in [3.05, 3.63) is 36.4 Å². The van der Waals surface area contributed by atoms with Gasteiger partial charge >= 0.3 is 0 Å². The number of carbonyl (C=O) groups excluding carboxylic acids is 1. The number of piperidine rings is 1. The summed E-state index contributed by atoms with van der Waals surface area (Å²) in [4.78, 5) is 23.4. The molecule has 0 unspecified atom stereocenters. The van der Waals surface area contributed by atoms with Gasteiger partial charge in [0, 0.05) is 50.0 Å². The minimum atomic E-state index is 0.185. The molecule has 2 atom stereocenters. The van der Waals surface area contributed by atoms with Crippen LogP contribution in [0, 0.1) is 5.92 Å². The number of nitrogens with two attached hydrogens (primary N) is 1. The Morgan fingerprint density at radius 2 is 2.15 bits per heavy atom. The first-order valence-corrected chi connectivity index (χ1v) is 11.9. The largest absolute Gasteiger partial charge is 0.494 e. The van der Waals surface area contributed by atoms with Crippen LogP contribution in [0.4, 0.5) is 11.6 Å². The monoisotopic (exact) mass is 460 g/mol. The molecule has 2 aliphatic rings. The highest BCUT2D eigenvalue weighted by molar-refractivity contribution is 5.95. The van der Waals surface area contributed by atoms with Crippen LogP contribution in [0.2, 0.25) is 0 Å². The Bertz CT molecular complexity index is 1380. The minimum Gasteiger partial charge on any atom is -0.494 e. The van der Waals surface area contributed by atoms with Crippen LogP contribution in [-0.4, -0.2) is 55.3 Å². The predicted octanol–water partition coefficient (Wildman–Crippen LogP) is 2.82. The Labute approximate surface area is 196 Å². The molecular weight excluding hydrogens is 432 g/mol. The van der Waals surface area contributed by atoms with Gasteiger partial charge < -0.3 is 15.4 Å². The molecule has 10 nitrogen and oxygen atoms in total. The molecular formula is C24H28N8O2. The summed E-state index contributed by atoms with van der Waals surface area (Å²) in [6.07, 6.45) is 8.45. The highest BCUT2D eigenvalue weighted by Crippen LogP contribution is 2.32. The third kappa shape index (κ3) is 3.63. The van der Waals surface area contributed by atoms with Gasteiger partial charge in [-0.15, -0.1) is 5.10 Å². The fourth-order valence-corrected chi connectivity index (χ4v) is 5.33. The van der Waals surface area contributed by atoms with E-state index in [-0.39, 0.29) is 5.92 Å². The maximum Gasteiger partial charge on any atom is 0.223 e. The van der Waals surface area contributed by atoms with Crippen molar-refractivity contribution in [2.75, 3.05) is 30.8 Å². The second-order valence-electron chi connectivity index (χ2n) is 9.39. The van der Waals surface area contributed by atoms with Crippen molar-refractivity contribution in [2.45, 2.75) is 44.6 Å². The van der Waals surface area contributed by atoms with Gasteiger partial charge in [-0.05, 0) is 37.3 Å². The molecule has 4 aromatic rings. The number of hydrogen-bond acceptors (Lipinski definition) is 8. The lowest BCUT2D eigenvalue weighted by Crippen LogP contribution is -2.34. The molecule has 0 radical (unpaired) electrons. The van der Waals surface area contributed by atoms with Crippen molar-refractivity contribution in [3.8, 4) is 5.75 Å². The van der Waals surface area contributed by atoms with Crippen molar-refractivity contribution in [1.82, 2.24) is 29.4 Å². The summed E-state index contributed by atoms with van der Waals surface area (Å²) in [5.41, 5.74) is 8.73. The number of carbonyl (C=O) groups is 1. The first kappa shape index (κ1) is 20.9. The van der Waals surface area contributed by atoms with E-state index in [1.807, 2.05) is 29.1 Å². The second-order valence-corrected chi connectivity index (χ2v) is 9.39. The normalized spacial score (nSPS) is 21.1. The Balaban J connectivity index is 1.25. The smallest absolute Gasteiger partial charge is 0.223 e. The Kier molecular flexibility index (Phi) is 5.08. The molecule has 6 rings (SSSR count). The van der Waals surface area contributed by atoms with Crippen molar-refractivity contribution in [2.24, 2.45) is 5.92 Å². The van der Waals surface area contributed by atoms with Crippen molar-refractivity contribution in [1.29, 1.82) is 0 Å². The molecule has 0 bridgehead atoms. The maximum absolute atomic E-state index is 11.6. The molecule has 34 heavy (non-hydrogen) atoms. The van der Waals surface area contributed by atoms with E-state index in [0.717, 1.165) is 55.8 Å². The van der Waals surface area contributed by atoms with Gasteiger partial charge in [0.15, 0.2) is 11.5 Å². The summed E-state index contributed by atoms with van der Waals surface area (Å²) in [5, 5.41) is 10.2. The van der Waals surface area contributed by atoms with Crippen molar-refractivity contribution < 1.29 is 9.53 Å². The van der Waals surface area contributed by atoms with Gasteiger partial charge in [0.25, 0.3) is 0 Å². The average molecular weight is 461 g/mol. The number of Topliss-reactive ketones (excluding diaryl/α,β-unsaturated/α-hetero) is 1. The van der Waals surface area contributed by atoms with E-state index in [9.17, 15) is 4.79 Å². The molecule has 0 amide bonds. The van der Waals surface area contributed by atoms with Crippen LogP contribution in [0.1, 0.15) is 43.8 Å². The number of ketones is 1. The van der Waals surface area contributed by atoms with Gasteiger partial charge in [-0.3, -0.25) is 9.48 Å². The molecule has 1 aliphatic heterocycles. The second kappa shape index (κ2) is 8.27. The minimum absolute atomic E-state index is 0.185. The van der Waals surface area contributed by atoms with Crippen LogP contribution < -0.4 is 15.4 Å². The number of anilines is 2. The van der Waals surface area contributed by atoms with Gasteiger partial charge in [0.05, 0.1) is 19.0 Å². The molecule has 1 saturated heterocycles. The summed E-state index contributed by atoms with van der Waals surface area (Å²) < 4.78 is 9.08. The van der Waals surface area contributed by atoms with E-state index in [4.69, 9.17) is 20.6 Å². The van der Waals surface area contributed by atoms with Crippen LogP contribution in [-0.2, 0) is 11.3 Å². The van der Waals surface area contributed by atoms with Gasteiger partial charge in [-0.2, -0.15) is 9.61 Å². The highest BCUT2D eigenvalue weighted by Gasteiger charge is 2.27. The van der Waals surface area contributed by atoms with E-state index in [2.05, 4.69) is 21.2 Å². The zero-order chi connectivity index (χ0) is 23.2. The fourth-order valence-electron chi connectivity index (χ4n) is 5.33. The molecule has 176 valence electrons.